The molecule has 2 saturated carbocycles. The van der Waals surface area contributed by atoms with Crippen molar-refractivity contribution in [3.05, 3.63) is 23.3 Å². The van der Waals surface area contributed by atoms with Gasteiger partial charge in [0, 0.05) is 25.3 Å². The third-order valence-corrected chi connectivity index (χ3v) is 10.3. The molecule has 5 atom stereocenters. The zero-order chi connectivity index (χ0) is 29.0. The van der Waals surface area contributed by atoms with Gasteiger partial charge in [-0.3, -0.25) is 4.90 Å². The number of nitrogens with zero attached hydrogens (tertiary/aromatic N) is 1. The fourth-order valence-corrected chi connectivity index (χ4v) is 8.14. The van der Waals surface area contributed by atoms with Gasteiger partial charge in [0.05, 0.1) is 83.2 Å². The molecule has 1 aromatic rings. The van der Waals surface area contributed by atoms with Gasteiger partial charge in [0.1, 0.15) is 6.10 Å². The van der Waals surface area contributed by atoms with Crippen molar-refractivity contribution in [2.45, 2.75) is 74.2 Å². The summed E-state index contributed by atoms with van der Waals surface area (Å²) >= 11 is 0. The van der Waals surface area contributed by atoms with Gasteiger partial charge in [-0.2, -0.15) is 0 Å². The summed E-state index contributed by atoms with van der Waals surface area (Å²) in [5.41, 5.74) is 0.813. The lowest BCUT2D eigenvalue weighted by Crippen LogP contribution is -2.77. The molecule has 1 spiro atoms. The van der Waals surface area contributed by atoms with E-state index in [0.717, 1.165) is 43.8 Å². The van der Waals surface area contributed by atoms with E-state index in [9.17, 15) is 10.2 Å². The Labute approximate surface area is 249 Å². The normalized spacial score (nSPS) is 31.5. The Kier molecular flexibility index (Phi) is 9.92. The van der Waals surface area contributed by atoms with Crippen LogP contribution in [0.3, 0.4) is 0 Å². The van der Waals surface area contributed by atoms with Crippen LogP contribution in [0.1, 0.15) is 49.7 Å². The van der Waals surface area contributed by atoms with Crippen molar-refractivity contribution in [3.8, 4) is 11.5 Å². The molecular formula is C32H49NO9. The van der Waals surface area contributed by atoms with E-state index in [4.69, 9.17) is 33.2 Å². The highest BCUT2D eigenvalue weighted by Gasteiger charge is 2.73. The first kappa shape index (κ1) is 30.5. The Morgan fingerprint density at radius 2 is 1.55 bits per heavy atom. The minimum absolute atomic E-state index is 0.0739. The molecule has 3 fully saturated rings. The van der Waals surface area contributed by atoms with Crippen LogP contribution in [0.25, 0.3) is 0 Å². The van der Waals surface area contributed by atoms with Crippen LogP contribution >= 0.6 is 0 Å². The fourth-order valence-electron chi connectivity index (χ4n) is 8.14. The molecule has 1 aromatic carbocycles. The number of rotatable bonds is 18. The van der Waals surface area contributed by atoms with Crippen molar-refractivity contribution in [2.75, 3.05) is 86.3 Å². The highest BCUT2D eigenvalue weighted by atomic mass is 16.6. The van der Waals surface area contributed by atoms with Crippen LogP contribution in [-0.2, 0) is 40.3 Å². The molecule has 236 valence electrons. The largest absolute Gasteiger partial charge is 0.504 e. The van der Waals surface area contributed by atoms with Gasteiger partial charge >= 0.3 is 0 Å². The van der Waals surface area contributed by atoms with Crippen molar-refractivity contribution in [1.29, 1.82) is 0 Å². The molecule has 2 heterocycles. The second-order valence-electron chi connectivity index (χ2n) is 12.5. The van der Waals surface area contributed by atoms with E-state index in [2.05, 4.69) is 4.90 Å². The highest BCUT2D eigenvalue weighted by Crippen LogP contribution is 2.65. The molecule has 0 aromatic heterocycles. The zero-order valence-electron chi connectivity index (χ0n) is 25.1. The van der Waals surface area contributed by atoms with Crippen LogP contribution in [-0.4, -0.2) is 125 Å². The first-order valence-electron chi connectivity index (χ1n) is 16.0. The number of phenols is 1. The Hall–Kier alpha value is -1.50. The lowest BCUT2D eigenvalue weighted by Gasteiger charge is -2.64. The van der Waals surface area contributed by atoms with Crippen LogP contribution in [0.2, 0.25) is 0 Å². The number of piperidine rings is 1. The molecule has 6 rings (SSSR count). The standard InChI is InChI=1S/C32H49NO9/c1-36-11-12-37-13-14-38-15-16-39-17-18-40-19-20-41-26-7-8-32(35)27-21-24-5-6-25(34)29-28(24)31(32,30(26)42-29)9-10-33(27)22-23-3-2-4-23/h5-6,23,26-27,30,34-35H,2-4,7-22H2,1H3/t26-,27+,30-,31-,32+/m0/s1. The number of benzene rings is 1. The molecule has 2 N–H and O–H groups in total. The van der Waals surface area contributed by atoms with Crippen LogP contribution < -0.4 is 4.74 Å². The number of phenolic OH excluding ortho intramolecular Hbond substituents is 1. The Bertz CT molecular complexity index is 1040. The Balaban J connectivity index is 0.974. The average Bonchev–Trinajstić information content (AvgIpc) is 3.32. The zero-order valence-corrected chi connectivity index (χ0v) is 25.1. The van der Waals surface area contributed by atoms with Gasteiger partial charge in [0.25, 0.3) is 0 Å². The average molecular weight is 592 g/mol. The minimum Gasteiger partial charge on any atom is -0.504 e. The Morgan fingerprint density at radius 3 is 2.19 bits per heavy atom. The van der Waals surface area contributed by atoms with Crippen molar-refractivity contribution in [1.82, 2.24) is 4.90 Å². The third kappa shape index (κ3) is 5.70. The minimum atomic E-state index is -0.889. The van der Waals surface area contributed by atoms with Gasteiger partial charge in [-0.15, -0.1) is 0 Å². The second kappa shape index (κ2) is 13.6. The van der Waals surface area contributed by atoms with Crippen molar-refractivity contribution < 1.29 is 43.4 Å². The number of aliphatic hydroxyl groups is 1. The number of hydrogen-bond acceptors (Lipinski definition) is 10. The van der Waals surface area contributed by atoms with Crippen LogP contribution in [0.15, 0.2) is 12.1 Å². The number of ether oxygens (including phenoxy) is 7. The predicted molar refractivity (Wildman–Crippen MR) is 154 cm³/mol. The van der Waals surface area contributed by atoms with Crippen LogP contribution in [0.4, 0.5) is 0 Å². The molecular weight excluding hydrogens is 542 g/mol. The molecule has 10 nitrogen and oxygen atoms in total. The Morgan fingerprint density at radius 1 is 0.881 bits per heavy atom. The number of methoxy groups -OCH3 is 1. The molecule has 0 radical (unpaired) electrons. The van der Waals surface area contributed by atoms with Crippen LogP contribution in [0, 0.1) is 5.92 Å². The summed E-state index contributed by atoms with van der Waals surface area (Å²) in [7, 11) is 1.65. The topological polar surface area (TPSA) is 108 Å². The van der Waals surface area contributed by atoms with Gasteiger partial charge in [0.15, 0.2) is 11.5 Å². The monoisotopic (exact) mass is 591 g/mol. The first-order valence-corrected chi connectivity index (χ1v) is 16.0. The van der Waals surface area contributed by atoms with Crippen molar-refractivity contribution in [3.63, 3.8) is 0 Å². The molecule has 2 aliphatic heterocycles. The van der Waals surface area contributed by atoms with Crippen molar-refractivity contribution >= 4 is 0 Å². The van der Waals surface area contributed by atoms with Crippen LogP contribution in [0.5, 0.6) is 11.5 Å². The summed E-state index contributed by atoms with van der Waals surface area (Å²) < 4.78 is 40.1. The smallest absolute Gasteiger partial charge is 0.165 e. The molecule has 5 aliphatic rings. The SMILES string of the molecule is COCCOCCOCCOCCOCCO[C@H]1CC[C@@]2(O)[C@H]3Cc4ccc(O)c5c4[C@@]2(CCN3CC2CCC2)[C@H]1O5. The lowest BCUT2D eigenvalue weighted by molar-refractivity contribution is -0.218. The van der Waals surface area contributed by atoms with Gasteiger partial charge < -0.3 is 43.4 Å². The molecule has 42 heavy (non-hydrogen) atoms. The maximum atomic E-state index is 12.6. The molecule has 3 aliphatic carbocycles. The summed E-state index contributed by atoms with van der Waals surface area (Å²) in [6.07, 6.45) is 6.47. The van der Waals surface area contributed by atoms with E-state index in [-0.39, 0.29) is 24.0 Å². The van der Waals surface area contributed by atoms with E-state index >= 15 is 0 Å². The summed E-state index contributed by atoms with van der Waals surface area (Å²) in [6, 6.07) is 3.88. The van der Waals surface area contributed by atoms with Crippen molar-refractivity contribution in [2.24, 2.45) is 5.92 Å². The summed E-state index contributed by atoms with van der Waals surface area (Å²) in [6.45, 7) is 7.19. The van der Waals surface area contributed by atoms with E-state index in [1.54, 1.807) is 13.2 Å². The molecule has 1 saturated heterocycles. The van der Waals surface area contributed by atoms with E-state index in [1.807, 2.05) is 6.07 Å². The number of hydrogen-bond donors (Lipinski definition) is 2. The number of aromatic hydroxyl groups is 1. The third-order valence-electron chi connectivity index (χ3n) is 10.3. The van der Waals surface area contributed by atoms with Gasteiger partial charge in [-0.1, -0.05) is 12.5 Å². The first-order chi connectivity index (χ1) is 20.6. The van der Waals surface area contributed by atoms with E-state index < -0.39 is 11.0 Å². The maximum absolute atomic E-state index is 12.6. The predicted octanol–water partition coefficient (Wildman–Crippen LogP) is 2.44. The summed E-state index contributed by atoms with van der Waals surface area (Å²) in [4.78, 5) is 2.57. The maximum Gasteiger partial charge on any atom is 0.165 e. The summed E-state index contributed by atoms with van der Waals surface area (Å²) in [5.74, 6) is 1.48. The summed E-state index contributed by atoms with van der Waals surface area (Å²) in [5, 5.41) is 23.4. The van der Waals surface area contributed by atoms with E-state index in [0.29, 0.717) is 78.2 Å². The molecule has 0 amide bonds. The quantitative estimate of drug-likeness (QED) is 0.247. The fraction of sp³-hybridized carbons (Fsp3) is 0.812. The van der Waals surface area contributed by atoms with Gasteiger partial charge in [-0.05, 0) is 62.6 Å². The van der Waals surface area contributed by atoms with Gasteiger partial charge in [0.2, 0.25) is 0 Å². The number of likely N-dealkylation sites (tertiary alicyclic amines) is 1. The highest BCUT2D eigenvalue weighted by molar-refractivity contribution is 5.62. The lowest BCUT2D eigenvalue weighted by atomic mass is 9.48. The van der Waals surface area contributed by atoms with E-state index in [1.165, 1.54) is 24.8 Å². The molecule has 10 heteroatoms. The van der Waals surface area contributed by atoms with Gasteiger partial charge in [-0.25, -0.2) is 0 Å². The second-order valence-corrected chi connectivity index (χ2v) is 12.5. The molecule has 2 bridgehead atoms. The molecule has 0 unspecified atom stereocenters.